The predicted octanol–water partition coefficient (Wildman–Crippen LogP) is 1.57. The quantitative estimate of drug-likeness (QED) is 0.687. The van der Waals surface area contributed by atoms with E-state index in [9.17, 15) is 4.79 Å². The van der Waals surface area contributed by atoms with Crippen LogP contribution in [0.25, 0.3) is 0 Å². The Hall–Kier alpha value is -0.990. The molecule has 3 aliphatic heterocycles. The molecule has 3 aliphatic rings. The summed E-state index contributed by atoms with van der Waals surface area (Å²) in [4.78, 5) is 23.8. The molecule has 0 bridgehead atoms. The van der Waals surface area contributed by atoms with Gasteiger partial charge in [0.25, 0.3) is 0 Å². The molecule has 6 nitrogen and oxygen atoms in total. The molecule has 3 fully saturated rings. The van der Waals surface area contributed by atoms with Crippen LogP contribution in [0.2, 0.25) is 0 Å². The average molecular weight is 407 g/mol. The maximum atomic E-state index is 13.2. The van der Waals surface area contributed by atoms with Crippen molar-refractivity contribution >= 4 is 17.2 Å². The van der Waals surface area contributed by atoms with Gasteiger partial charge in [0.05, 0.1) is 18.6 Å². The fraction of sp³-hybridized carbons (Fsp3) is 0.762. The van der Waals surface area contributed by atoms with Gasteiger partial charge >= 0.3 is 0 Å². The number of ether oxygens (including phenoxy) is 1. The van der Waals surface area contributed by atoms with Gasteiger partial charge in [-0.2, -0.15) is 0 Å². The molecule has 7 heteroatoms. The van der Waals surface area contributed by atoms with Crippen molar-refractivity contribution in [2.24, 2.45) is 5.41 Å². The first-order valence-electron chi connectivity index (χ1n) is 10.6. The molecular formula is C21H34N4O2S. The highest BCUT2D eigenvalue weighted by Gasteiger charge is 2.50. The van der Waals surface area contributed by atoms with Gasteiger partial charge in [0.2, 0.25) is 5.91 Å². The summed E-state index contributed by atoms with van der Waals surface area (Å²) >= 11 is 1.86. The maximum absolute atomic E-state index is 13.2. The molecule has 3 saturated heterocycles. The van der Waals surface area contributed by atoms with Gasteiger partial charge in [-0.1, -0.05) is 0 Å². The zero-order valence-electron chi connectivity index (χ0n) is 17.4. The van der Waals surface area contributed by atoms with E-state index in [-0.39, 0.29) is 5.41 Å². The molecule has 0 N–H and O–H groups in total. The van der Waals surface area contributed by atoms with Crippen molar-refractivity contribution in [1.29, 1.82) is 0 Å². The zero-order chi connectivity index (χ0) is 19.6. The number of morpholine rings is 1. The number of thiophene rings is 1. The van der Waals surface area contributed by atoms with E-state index in [2.05, 4.69) is 45.1 Å². The van der Waals surface area contributed by atoms with Gasteiger partial charge in [-0.05, 0) is 50.5 Å². The van der Waals surface area contributed by atoms with Gasteiger partial charge in [0, 0.05) is 57.2 Å². The van der Waals surface area contributed by atoms with Gasteiger partial charge in [0.15, 0.2) is 0 Å². The van der Waals surface area contributed by atoms with Crippen LogP contribution in [0.15, 0.2) is 11.4 Å². The normalized spacial score (nSPS) is 27.0. The number of rotatable bonds is 7. The molecule has 4 heterocycles. The van der Waals surface area contributed by atoms with Gasteiger partial charge in [-0.25, -0.2) is 0 Å². The van der Waals surface area contributed by atoms with Crippen LogP contribution >= 0.6 is 11.3 Å². The minimum absolute atomic E-state index is 0.116. The zero-order valence-corrected chi connectivity index (χ0v) is 18.2. The van der Waals surface area contributed by atoms with Crippen molar-refractivity contribution in [1.82, 2.24) is 19.6 Å². The number of likely N-dealkylation sites (tertiary alicyclic amines) is 2. The second-order valence-electron chi connectivity index (χ2n) is 8.90. The third-order valence-electron chi connectivity index (χ3n) is 6.41. The first kappa shape index (κ1) is 20.3. The molecule has 156 valence electrons. The lowest BCUT2D eigenvalue weighted by Gasteiger charge is -2.29. The standard InChI is InChI=1S/C21H34N4O2S/c1-22(2)14-18-13-19(28-16-18)15-24-5-3-21(17-24)4-6-25(20(21)26)8-7-23-9-11-27-12-10-23/h13,16H,3-12,14-15,17H2,1-2H3. The fourth-order valence-electron chi connectivity index (χ4n) is 4.84. The Morgan fingerprint density at radius 1 is 1.11 bits per heavy atom. The van der Waals surface area contributed by atoms with Crippen molar-refractivity contribution in [2.45, 2.75) is 25.9 Å². The third-order valence-corrected chi connectivity index (χ3v) is 7.38. The van der Waals surface area contributed by atoms with Crippen molar-refractivity contribution in [3.8, 4) is 0 Å². The Labute approximate surface area is 173 Å². The number of hydrogen-bond donors (Lipinski definition) is 0. The summed E-state index contributed by atoms with van der Waals surface area (Å²) in [5, 5.41) is 2.27. The number of carbonyl (C=O) groups is 1. The molecule has 1 amide bonds. The van der Waals surface area contributed by atoms with E-state index in [0.717, 1.165) is 85.0 Å². The highest BCUT2D eigenvalue weighted by atomic mass is 32.1. The summed E-state index contributed by atoms with van der Waals surface area (Å²) in [5.41, 5.74) is 1.28. The molecule has 1 aromatic heterocycles. The van der Waals surface area contributed by atoms with Crippen LogP contribution in [0.1, 0.15) is 23.3 Å². The monoisotopic (exact) mass is 406 g/mol. The molecule has 0 aliphatic carbocycles. The highest BCUT2D eigenvalue weighted by Crippen LogP contribution is 2.41. The number of amides is 1. The Morgan fingerprint density at radius 2 is 1.89 bits per heavy atom. The molecule has 1 atom stereocenters. The van der Waals surface area contributed by atoms with Crippen LogP contribution in [-0.2, 0) is 22.6 Å². The Balaban J connectivity index is 1.27. The first-order chi connectivity index (χ1) is 13.5. The molecular weight excluding hydrogens is 372 g/mol. The van der Waals surface area contributed by atoms with Crippen molar-refractivity contribution in [3.05, 3.63) is 21.9 Å². The van der Waals surface area contributed by atoms with E-state index in [0.29, 0.717) is 5.91 Å². The number of nitrogens with zero attached hydrogens (tertiary/aromatic N) is 4. The van der Waals surface area contributed by atoms with Crippen LogP contribution < -0.4 is 0 Å². The van der Waals surface area contributed by atoms with Crippen molar-refractivity contribution in [2.75, 3.05) is 73.1 Å². The van der Waals surface area contributed by atoms with Gasteiger partial charge < -0.3 is 14.5 Å². The van der Waals surface area contributed by atoms with E-state index in [1.807, 2.05) is 11.3 Å². The minimum Gasteiger partial charge on any atom is -0.379 e. The first-order valence-corrected chi connectivity index (χ1v) is 11.4. The fourth-order valence-corrected chi connectivity index (χ4v) is 5.76. The summed E-state index contributed by atoms with van der Waals surface area (Å²) in [6.07, 6.45) is 2.05. The Kier molecular flexibility index (Phi) is 6.37. The van der Waals surface area contributed by atoms with E-state index in [4.69, 9.17) is 4.74 Å². The summed E-state index contributed by atoms with van der Waals surface area (Å²) in [6.45, 7) is 10.4. The molecule has 4 rings (SSSR count). The molecule has 1 unspecified atom stereocenters. The van der Waals surface area contributed by atoms with Gasteiger partial charge in [-0.15, -0.1) is 11.3 Å². The highest BCUT2D eigenvalue weighted by molar-refractivity contribution is 7.10. The average Bonchev–Trinajstić information content (AvgIpc) is 3.37. The molecule has 28 heavy (non-hydrogen) atoms. The summed E-state index contributed by atoms with van der Waals surface area (Å²) in [7, 11) is 4.22. The van der Waals surface area contributed by atoms with Gasteiger partial charge in [0.1, 0.15) is 0 Å². The van der Waals surface area contributed by atoms with Crippen molar-refractivity contribution in [3.63, 3.8) is 0 Å². The summed E-state index contributed by atoms with van der Waals surface area (Å²) < 4.78 is 5.42. The SMILES string of the molecule is CN(C)Cc1csc(CN2CCC3(CCN(CCN4CCOCC4)C3=O)C2)c1. The molecule has 0 radical (unpaired) electrons. The van der Waals surface area contributed by atoms with Crippen LogP contribution in [0.5, 0.6) is 0 Å². The largest absolute Gasteiger partial charge is 0.379 e. The minimum atomic E-state index is -0.116. The van der Waals surface area contributed by atoms with E-state index in [1.165, 1.54) is 10.4 Å². The smallest absolute Gasteiger partial charge is 0.230 e. The van der Waals surface area contributed by atoms with E-state index >= 15 is 0 Å². The third kappa shape index (κ3) is 4.60. The van der Waals surface area contributed by atoms with Gasteiger partial charge in [-0.3, -0.25) is 14.6 Å². The second kappa shape index (κ2) is 8.79. The predicted molar refractivity (Wildman–Crippen MR) is 112 cm³/mol. The Morgan fingerprint density at radius 3 is 2.68 bits per heavy atom. The summed E-state index contributed by atoms with van der Waals surface area (Å²) in [5.74, 6) is 0.405. The summed E-state index contributed by atoms with van der Waals surface area (Å²) in [6, 6.07) is 2.33. The van der Waals surface area contributed by atoms with Crippen molar-refractivity contribution < 1.29 is 9.53 Å². The van der Waals surface area contributed by atoms with Crippen LogP contribution in [-0.4, -0.2) is 98.6 Å². The van der Waals surface area contributed by atoms with Crippen LogP contribution in [0, 0.1) is 5.41 Å². The Bertz CT molecular complexity index is 673. The molecule has 1 aromatic rings. The second-order valence-corrected chi connectivity index (χ2v) is 9.89. The van der Waals surface area contributed by atoms with Crippen LogP contribution in [0.4, 0.5) is 0 Å². The molecule has 0 aromatic carbocycles. The van der Waals surface area contributed by atoms with E-state index in [1.54, 1.807) is 0 Å². The topological polar surface area (TPSA) is 39.3 Å². The number of carbonyl (C=O) groups excluding carboxylic acids is 1. The van der Waals surface area contributed by atoms with E-state index < -0.39 is 0 Å². The molecule has 1 spiro atoms. The number of hydrogen-bond acceptors (Lipinski definition) is 6. The maximum Gasteiger partial charge on any atom is 0.230 e. The molecule has 0 saturated carbocycles. The lowest BCUT2D eigenvalue weighted by atomic mass is 9.85. The van der Waals surface area contributed by atoms with Crippen LogP contribution in [0.3, 0.4) is 0 Å². The lowest BCUT2D eigenvalue weighted by Crippen LogP contribution is -2.43. The lowest BCUT2D eigenvalue weighted by molar-refractivity contribution is -0.135.